The minimum Gasteiger partial charge on any atom is -0.324 e. The molecular weight excluding hydrogens is 312 g/mol. The number of anilines is 1. The van der Waals surface area contributed by atoms with Gasteiger partial charge in [-0.15, -0.1) is 0 Å². The van der Waals surface area contributed by atoms with Crippen LogP contribution in [0.1, 0.15) is 31.0 Å². The lowest BCUT2D eigenvalue weighted by atomic mass is 9.71. The lowest BCUT2D eigenvalue weighted by Gasteiger charge is -2.40. The summed E-state index contributed by atoms with van der Waals surface area (Å²) < 4.78 is 0. The SMILES string of the molecule is CC1=Nc2ccccc2C12CCN(C(=O)Nc1cccc(C)n1)CC2. The Morgan fingerprint density at radius 2 is 1.84 bits per heavy atom. The maximum atomic E-state index is 12.6. The molecule has 2 aliphatic rings. The van der Waals surface area contributed by atoms with Crippen LogP contribution in [-0.2, 0) is 5.41 Å². The molecule has 1 saturated heterocycles. The Bertz CT molecular complexity index is 850. The van der Waals surface area contributed by atoms with E-state index in [-0.39, 0.29) is 11.4 Å². The van der Waals surface area contributed by atoms with E-state index in [0.717, 1.165) is 37.3 Å². The Morgan fingerprint density at radius 1 is 1.08 bits per heavy atom. The second kappa shape index (κ2) is 5.99. The van der Waals surface area contributed by atoms with Crippen LogP contribution < -0.4 is 5.32 Å². The standard InChI is InChI=1S/C20H22N4O/c1-14-6-5-9-18(21-14)23-19(25)24-12-10-20(11-13-24)15(2)22-17-8-4-3-7-16(17)20/h3-9H,10-13H2,1-2H3,(H,21,23,25). The monoisotopic (exact) mass is 334 g/mol. The number of nitrogens with zero attached hydrogens (tertiary/aromatic N) is 3. The van der Waals surface area contributed by atoms with Crippen molar-refractivity contribution >= 4 is 23.2 Å². The van der Waals surface area contributed by atoms with Crippen molar-refractivity contribution in [2.24, 2.45) is 4.99 Å². The van der Waals surface area contributed by atoms with Crippen LogP contribution in [0.4, 0.5) is 16.3 Å². The second-order valence-corrected chi connectivity index (χ2v) is 6.88. The molecule has 0 saturated carbocycles. The number of nitrogens with one attached hydrogen (secondary N) is 1. The van der Waals surface area contributed by atoms with Crippen molar-refractivity contribution < 1.29 is 4.79 Å². The van der Waals surface area contributed by atoms with Crippen molar-refractivity contribution in [3.8, 4) is 0 Å². The number of urea groups is 1. The highest BCUT2D eigenvalue weighted by molar-refractivity contribution is 6.00. The molecule has 0 aliphatic carbocycles. The fourth-order valence-electron chi connectivity index (χ4n) is 3.98. The average Bonchev–Trinajstić information content (AvgIpc) is 2.88. The molecule has 1 N–H and O–H groups in total. The first-order chi connectivity index (χ1) is 12.1. The number of aromatic nitrogens is 1. The number of hydrogen-bond donors (Lipinski definition) is 1. The predicted molar refractivity (Wildman–Crippen MR) is 99.7 cm³/mol. The number of rotatable bonds is 1. The van der Waals surface area contributed by atoms with E-state index < -0.39 is 0 Å². The number of piperidine rings is 1. The van der Waals surface area contributed by atoms with Crippen LogP contribution >= 0.6 is 0 Å². The maximum absolute atomic E-state index is 12.6. The number of likely N-dealkylation sites (tertiary alicyclic amines) is 1. The summed E-state index contributed by atoms with van der Waals surface area (Å²) in [6, 6.07) is 13.9. The number of carbonyl (C=O) groups excluding carboxylic acids is 1. The molecule has 2 aliphatic heterocycles. The molecule has 1 aromatic carbocycles. The minimum atomic E-state index is -0.0752. The molecule has 1 spiro atoms. The van der Waals surface area contributed by atoms with Gasteiger partial charge in [0, 0.05) is 29.9 Å². The summed E-state index contributed by atoms with van der Waals surface area (Å²) >= 11 is 0. The van der Waals surface area contributed by atoms with E-state index in [0.29, 0.717) is 5.82 Å². The van der Waals surface area contributed by atoms with Crippen molar-refractivity contribution in [3.63, 3.8) is 0 Å². The molecule has 1 aromatic heterocycles. The third-order valence-electron chi connectivity index (χ3n) is 5.43. The van der Waals surface area contributed by atoms with Crippen LogP contribution in [0.25, 0.3) is 0 Å². The lowest BCUT2D eigenvalue weighted by molar-refractivity contribution is 0.186. The van der Waals surface area contributed by atoms with Gasteiger partial charge in [0.05, 0.1) is 5.69 Å². The van der Waals surface area contributed by atoms with E-state index in [9.17, 15) is 4.79 Å². The number of carbonyl (C=O) groups is 1. The Balaban J connectivity index is 1.47. The molecule has 4 rings (SSSR count). The number of aliphatic imine (C=N–C) groups is 1. The van der Waals surface area contributed by atoms with Crippen molar-refractivity contribution in [3.05, 3.63) is 53.7 Å². The van der Waals surface area contributed by atoms with Crippen LogP contribution in [0.5, 0.6) is 0 Å². The van der Waals surface area contributed by atoms with Gasteiger partial charge in [0.1, 0.15) is 5.82 Å². The highest BCUT2D eigenvalue weighted by atomic mass is 16.2. The van der Waals surface area contributed by atoms with Gasteiger partial charge in [-0.2, -0.15) is 0 Å². The Morgan fingerprint density at radius 3 is 2.60 bits per heavy atom. The zero-order chi connectivity index (χ0) is 17.4. The number of benzene rings is 1. The van der Waals surface area contributed by atoms with Gasteiger partial charge in [-0.25, -0.2) is 9.78 Å². The van der Waals surface area contributed by atoms with Crippen molar-refractivity contribution in [2.75, 3.05) is 18.4 Å². The van der Waals surface area contributed by atoms with Crippen molar-refractivity contribution in [2.45, 2.75) is 32.1 Å². The molecule has 2 aromatic rings. The molecule has 1 fully saturated rings. The predicted octanol–water partition coefficient (Wildman–Crippen LogP) is 4.06. The molecule has 25 heavy (non-hydrogen) atoms. The van der Waals surface area contributed by atoms with E-state index in [1.807, 2.05) is 36.1 Å². The first-order valence-corrected chi connectivity index (χ1v) is 8.73. The van der Waals surface area contributed by atoms with Crippen LogP contribution in [-0.4, -0.2) is 34.7 Å². The first-order valence-electron chi connectivity index (χ1n) is 8.73. The van der Waals surface area contributed by atoms with Crippen LogP contribution in [0.3, 0.4) is 0 Å². The summed E-state index contributed by atoms with van der Waals surface area (Å²) in [5.74, 6) is 0.606. The van der Waals surface area contributed by atoms with Gasteiger partial charge in [-0.3, -0.25) is 10.3 Å². The first kappa shape index (κ1) is 15.8. The van der Waals surface area contributed by atoms with Crippen LogP contribution in [0.2, 0.25) is 0 Å². The normalized spacial score (nSPS) is 18.0. The number of fused-ring (bicyclic) bond motifs is 2. The molecule has 3 heterocycles. The smallest absolute Gasteiger partial charge is 0.323 e. The number of para-hydroxylation sites is 1. The number of pyridine rings is 1. The van der Waals surface area contributed by atoms with Crippen molar-refractivity contribution in [1.82, 2.24) is 9.88 Å². The van der Waals surface area contributed by atoms with Gasteiger partial charge in [-0.05, 0) is 50.5 Å². The van der Waals surface area contributed by atoms with Gasteiger partial charge in [0.2, 0.25) is 0 Å². The largest absolute Gasteiger partial charge is 0.324 e. The van der Waals surface area contributed by atoms with Gasteiger partial charge in [-0.1, -0.05) is 24.3 Å². The van der Waals surface area contributed by atoms with Gasteiger partial charge in [0.15, 0.2) is 0 Å². The zero-order valence-corrected chi connectivity index (χ0v) is 14.6. The Hall–Kier alpha value is -2.69. The van der Waals surface area contributed by atoms with Crippen molar-refractivity contribution in [1.29, 1.82) is 0 Å². The summed E-state index contributed by atoms with van der Waals surface area (Å²) in [6.07, 6.45) is 1.82. The van der Waals surface area contributed by atoms with Gasteiger partial charge >= 0.3 is 6.03 Å². The third kappa shape index (κ3) is 2.69. The van der Waals surface area contributed by atoms with E-state index in [1.54, 1.807) is 0 Å². The van der Waals surface area contributed by atoms with E-state index in [1.165, 1.54) is 11.3 Å². The van der Waals surface area contributed by atoms with Gasteiger partial charge in [0.25, 0.3) is 0 Å². The van der Waals surface area contributed by atoms with Crippen LogP contribution in [0, 0.1) is 6.92 Å². The molecule has 0 radical (unpaired) electrons. The molecule has 0 bridgehead atoms. The number of amides is 2. The fraction of sp³-hybridized carbons (Fsp3) is 0.350. The summed E-state index contributed by atoms with van der Waals surface area (Å²) in [4.78, 5) is 23.5. The quantitative estimate of drug-likeness (QED) is 0.855. The Labute approximate surface area is 147 Å². The molecular formula is C20H22N4O. The zero-order valence-electron chi connectivity index (χ0n) is 14.6. The third-order valence-corrected chi connectivity index (χ3v) is 5.43. The summed E-state index contributed by atoms with van der Waals surface area (Å²) in [6.45, 7) is 5.48. The fourth-order valence-corrected chi connectivity index (χ4v) is 3.98. The van der Waals surface area contributed by atoms with Crippen LogP contribution in [0.15, 0.2) is 47.5 Å². The maximum Gasteiger partial charge on any atom is 0.323 e. The summed E-state index contributed by atoms with van der Waals surface area (Å²) in [5, 5.41) is 2.91. The molecule has 0 atom stereocenters. The molecule has 5 nitrogen and oxygen atoms in total. The molecule has 128 valence electrons. The summed E-state index contributed by atoms with van der Waals surface area (Å²) in [7, 11) is 0. The Kier molecular flexibility index (Phi) is 3.79. The lowest BCUT2D eigenvalue weighted by Crippen LogP contribution is -2.48. The van der Waals surface area contributed by atoms with Gasteiger partial charge < -0.3 is 4.90 Å². The topological polar surface area (TPSA) is 57.6 Å². The summed E-state index contributed by atoms with van der Waals surface area (Å²) in [5.41, 5.74) is 4.46. The highest BCUT2D eigenvalue weighted by Crippen LogP contribution is 2.46. The number of hydrogen-bond acceptors (Lipinski definition) is 3. The molecule has 0 unspecified atom stereocenters. The average molecular weight is 334 g/mol. The molecule has 2 amide bonds. The van der Waals surface area contributed by atoms with E-state index in [2.05, 4.69) is 35.4 Å². The minimum absolute atomic E-state index is 0.00500. The van der Waals surface area contributed by atoms with E-state index in [4.69, 9.17) is 4.99 Å². The molecule has 5 heteroatoms. The van der Waals surface area contributed by atoms with E-state index >= 15 is 0 Å². The highest BCUT2D eigenvalue weighted by Gasteiger charge is 2.44. The number of aryl methyl sites for hydroxylation is 1. The second-order valence-electron chi connectivity index (χ2n) is 6.88.